The number of nitrogens with zero attached hydrogens (tertiary/aromatic N) is 3. The highest BCUT2D eigenvalue weighted by Crippen LogP contribution is 2.24. The topological polar surface area (TPSA) is 48.5 Å². The second-order valence-corrected chi connectivity index (χ2v) is 7.20. The summed E-state index contributed by atoms with van der Waals surface area (Å²) in [7, 11) is 2.14. The van der Waals surface area contributed by atoms with Crippen LogP contribution in [0.3, 0.4) is 0 Å². The van der Waals surface area contributed by atoms with Crippen LogP contribution < -0.4 is 5.32 Å². The van der Waals surface area contributed by atoms with Crippen LogP contribution in [0.2, 0.25) is 0 Å². The van der Waals surface area contributed by atoms with Gasteiger partial charge in [0.05, 0.1) is 12.2 Å². The minimum Gasteiger partial charge on any atom is -0.334 e. The highest BCUT2D eigenvalue weighted by Gasteiger charge is 2.32. The van der Waals surface area contributed by atoms with E-state index < -0.39 is 0 Å². The summed E-state index contributed by atoms with van der Waals surface area (Å²) in [6.45, 7) is 4.78. The highest BCUT2D eigenvalue weighted by molar-refractivity contribution is 5.79. The lowest BCUT2D eigenvalue weighted by molar-refractivity contribution is -0.140. The van der Waals surface area contributed by atoms with Crippen molar-refractivity contribution in [2.45, 2.75) is 44.7 Å². The van der Waals surface area contributed by atoms with Gasteiger partial charge in [0.1, 0.15) is 0 Å². The van der Waals surface area contributed by atoms with Gasteiger partial charge in [-0.05, 0) is 77.5 Å². The molecule has 1 amide bonds. The normalized spacial score (nSPS) is 23.6. The Bertz CT molecular complexity index is 505. The van der Waals surface area contributed by atoms with Gasteiger partial charge in [-0.3, -0.25) is 9.78 Å². The molecule has 5 heteroatoms. The molecule has 0 saturated carbocycles. The fraction of sp³-hybridized carbons (Fsp3) is 0.684. The van der Waals surface area contributed by atoms with Crippen molar-refractivity contribution in [1.82, 2.24) is 20.1 Å². The standard InChI is InChI=1S/C19H30N4O/c1-22-13-8-16(9-14-22)19(24)23(15-17-5-2-3-11-21-17)18-6-4-10-20-12-7-18/h2-3,5,11,16,18,20H,4,6-10,12-15H2,1H3. The molecule has 3 rings (SSSR count). The van der Waals surface area contributed by atoms with Gasteiger partial charge in [0, 0.05) is 18.2 Å². The smallest absolute Gasteiger partial charge is 0.226 e. The molecule has 1 unspecified atom stereocenters. The van der Waals surface area contributed by atoms with E-state index in [1.165, 1.54) is 0 Å². The van der Waals surface area contributed by atoms with Crippen molar-refractivity contribution < 1.29 is 4.79 Å². The Labute approximate surface area is 145 Å². The molecule has 2 saturated heterocycles. The van der Waals surface area contributed by atoms with Crippen LogP contribution in [0, 0.1) is 5.92 Å². The van der Waals surface area contributed by atoms with Crippen LogP contribution in [0.5, 0.6) is 0 Å². The second-order valence-electron chi connectivity index (χ2n) is 7.20. The van der Waals surface area contributed by atoms with Gasteiger partial charge in [0.25, 0.3) is 0 Å². The van der Waals surface area contributed by atoms with E-state index in [2.05, 4.69) is 27.1 Å². The fourth-order valence-corrected chi connectivity index (χ4v) is 3.86. The van der Waals surface area contributed by atoms with Gasteiger partial charge in [-0.2, -0.15) is 0 Å². The first-order chi connectivity index (χ1) is 11.7. The van der Waals surface area contributed by atoms with E-state index in [4.69, 9.17) is 0 Å². The van der Waals surface area contributed by atoms with E-state index in [0.29, 0.717) is 18.5 Å². The monoisotopic (exact) mass is 330 g/mol. The number of carbonyl (C=O) groups is 1. The van der Waals surface area contributed by atoms with Crippen molar-refractivity contribution in [2.24, 2.45) is 5.92 Å². The molecule has 2 fully saturated rings. The summed E-state index contributed by atoms with van der Waals surface area (Å²) in [5, 5.41) is 3.46. The zero-order valence-electron chi connectivity index (χ0n) is 14.8. The lowest BCUT2D eigenvalue weighted by Crippen LogP contribution is -2.46. The maximum atomic E-state index is 13.3. The van der Waals surface area contributed by atoms with Crippen LogP contribution in [0.25, 0.3) is 0 Å². The average Bonchev–Trinajstić information content (AvgIpc) is 2.90. The number of aromatic nitrogens is 1. The van der Waals surface area contributed by atoms with Crippen molar-refractivity contribution in [1.29, 1.82) is 0 Å². The third-order valence-electron chi connectivity index (χ3n) is 5.40. The summed E-state index contributed by atoms with van der Waals surface area (Å²) in [5.74, 6) is 0.529. The van der Waals surface area contributed by atoms with Gasteiger partial charge >= 0.3 is 0 Å². The summed E-state index contributed by atoms with van der Waals surface area (Å²) in [5.41, 5.74) is 0.996. The first-order valence-corrected chi connectivity index (χ1v) is 9.33. The quantitative estimate of drug-likeness (QED) is 0.916. The van der Waals surface area contributed by atoms with Crippen LogP contribution in [0.15, 0.2) is 24.4 Å². The maximum Gasteiger partial charge on any atom is 0.226 e. The summed E-state index contributed by atoms with van der Waals surface area (Å²) in [6.07, 6.45) is 7.08. The van der Waals surface area contributed by atoms with E-state index in [1.807, 2.05) is 24.4 Å². The second kappa shape index (κ2) is 8.58. The van der Waals surface area contributed by atoms with Gasteiger partial charge in [0.2, 0.25) is 5.91 Å². The number of carbonyl (C=O) groups excluding carboxylic acids is 1. The van der Waals surface area contributed by atoms with Crippen molar-refractivity contribution in [3.8, 4) is 0 Å². The number of likely N-dealkylation sites (tertiary alicyclic amines) is 1. The number of piperidine rings is 1. The molecule has 1 N–H and O–H groups in total. The zero-order valence-corrected chi connectivity index (χ0v) is 14.8. The lowest BCUT2D eigenvalue weighted by Gasteiger charge is -2.36. The van der Waals surface area contributed by atoms with Crippen molar-refractivity contribution in [3.63, 3.8) is 0 Å². The number of hydrogen-bond donors (Lipinski definition) is 1. The average molecular weight is 330 g/mol. The Balaban J connectivity index is 1.73. The van der Waals surface area contributed by atoms with E-state index in [1.54, 1.807) is 0 Å². The van der Waals surface area contributed by atoms with E-state index >= 15 is 0 Å². The molecule has 2 aliphatic heterocycles. The Hall–Kier alpha value is -1.46. The molecule has 5 nitrogen and oxygen atoms in total. The zero-order chi connectivity index (χ0) is 16.8. The summed E-state index contributed by atoms with van der Waals surface area (Å²) in [6, 6.07) is 6.32. The van der Waals surface area contributed by atoms with E-state index in [0.717, 1.165) is 64.0 Å². The molecule has 132 valence electrons. The molecular formula is C19H30N4O. The van der Waals surface area contributed by atoms with Crippen molar-refractivity contribution >= 4 is 5.91 Å². The lowest BCUT2D eigenvalue weighted by atomic mass is 9.94. The molecule has 1 aromatic rings. The molecule has 1 aromatic heterocycles. The fourth-order valence-electron chi connectivity index (χ4n) is 3.86. The van der Waals surface area contributed by atoms with E-state index in [9.17, 15) is 4.79 Å². The van der Waals surface area contributed by atoms with Crippen LogP contribution in [0.4, 0.5) is 0 Å². The Morgan fingerprint density at radius 1 is 1.25 bits per heavy atom. The summed E-state index contributed by atoms with van der Waals surface area (Å²) >= 11 is 0. The Morgan fingerprint density at radius 2 is 2.08 bits per heavy atom. The van der Waals surface area contributed by atoms with Crippen molar-refractivity contribution in [3.05, 3.63) is 30.1 Å². The highest BCUT2D eigenvalue weighted by atomic mass is 16.2. The molecule has 0 bridgehead atoms. The molecule has 1 atom stereocenters. The van der Waals surface area contributed by atoms with Crippen LogP contribution >= 0.6 is 0 Å². The molecule has 24 heavy (non-hydrogen) atoms. The molecule has 0 aromatic carbocycles. The molecule has 0 aliphatic carbocycles. The van der Waals surface area contributed by atoms with Gasteiger partial charge in [-0.25, -0.2) is 0 Å². The number of pyridine rings is 1. The largest absolute Gasteiger partial charge is 0.334 e. The van der Waals surface area contributed by atoms with Crippen LogP contribution in [-0.2, 0) is 11.3 Å². The maximum absolute atomic E-state index is 13.3. The molecule has 0 spiro atoms. The van der Waals surface area contributed by atoms with Gasteiger partial charge in [-0.15, -0.1) is 0 Å². The Kier molecular flexibility index (Phi) is 6.21. The van der Waals surface area contributed by atoms with Gasteiger partial charge in [0.15, 0.2) is 0 Å². The predicted octanol–water partition coefficient (Wildman–Crippen LogP) is 1.89. The number of nitrogens with one attached hydrogen (secondary N) is 1. The molecule has 0 radical (unpaired) electrons. The molecule has 3 heterocycles. The third-order valence-corrected chi connectivity index (χ3v) is 5.40. The van der Waals surface area contributed by atoms with Crippen molar-refractivity contribution in [2.75, 3.05) is 33.2 Å². The minimum atomic E-state index is 0.182. The number of rotatable bonds is 4. The van der Waals surface area contributed by atoms with E-state index in [-0.39, 0.29) is 5.92 Å². The summed E-state index contributed by atoms with van der Waals surface area (Å²) in [4.78, 5) is 22.2. The first-order valence-electron chi connectivity index (χ1n) is 9.33. The molecular weight excluding hydrogens is 300 g/mol. The van der Waals surface area contributed by atoms with Crippen LogP contribution in [0.1, 0.15) is 37.8 Å². The molecule has 2 aliphatic rings. The predicted molar refractivity (Wildman–Crippen MR) is 95.5 cm³/mol. The first kappa shape index (κ1) is 17.4. The minimum absolute atomic E-state index is 0.182. The van der Waals surface area contributed by atoms with Gasteiger partial charge < -0.3 is 15.1 Å². The number of amides is 1. The SMILES string of the molecule is CN1CCC(C(=O)N(Cc2ccccn2)C2CCCNCC2)CC1. The Morgan fingerprint density at radius 3 is 2.83 bits per heavy atom. The summed E-state index contributed by atoms with van der Waals surface area (Å²) < 4.78 is 0. The third kappa shape index (κ3) is 4.54. The van der Waals surface area contributed by atoms with Gasteiger partial charge in [-0.1, -0.05) is 6.07 Å². The van der Waals surface area contributed by atoms with Crippen LogP contribution in [-0.4, -0.2) is 60.0 Å². The number of hydrogen-bond acceptors (Lipinski definition) is 4.